The molecular weight excluding hydrogens is 616 g/mol. The third-order valence-corrected chi connectivity index (χ3v) is 9.30. The number of pyridine rings is 1. The predicted molar refractivity (Wildman–Crippen MR) is 190 cm³/mol. The van der Waals surface area contributed by atoms with Crippen LogP contribution in [0, 0.1) is 0 Å². The Labute approximate surface area is 285 Å². The van der Waals surface area contributed by atoms with Crippen LogP contribution in [0.15, 0.2) is 152 Å². The van der Waals surface area contributed by atoms with Gasteiger partial charge in [0.2, 0.25) is 0 Å². The minimum absolute atomic E-state index is 0.0934. The van der Waals surface area contributed by atoms with E-state index in [0.717, 1.165) is 44.5 Å². The summed E-state index contributed by atoms with van der Waals surface area (Å²) >= 11 is 6.97. The van der Waals surface area contributed by atoms with Crippen LogP contribution < -0.4 is 5.32 Å². The molecule has 6 heteroatoms. The lowest BCUT2D eigenvalue weighted by atomic mass is 9.84. The summed E-state index contributed by atoms with van der Waals surface area (Å²) < 4.78 is 5.82. The molecule has 0 saturated heterocycles. The van der Waals surface area contributed by atoms with Crippen molar-refractivity contribution in [3.63, 3.8) is 0 Å². The van der Waals surface area contributed by atoms with Gasteiger partial charge in [0.15, 0.2) is 5.78 Å². The number of rotatable bonds is 10. The minimum atomic E-state index is -0.897. The number of ketones is 1. The summed E-state index contributed by atoms with van der Waals surface area (Å²) in [6, 6.07) is 44.9. The number of carbonyl (C=O) groups excluding carboxylic acids is 2. The normalized spacial score (nSPS) is 12.6. The quantitative estimate of drug-likeness (QED) is 0.119. The maximum atomic E-state index is 14.1. The van der Waals surface area contributed by atoms with Gasteiger partial charge in [-0.05, 0) is 56.6 Å². The molecule has 1 N–H and O–H groups in total. The number of benzene rings is 5. The van der Waals surface area contributed by atoms with Gasteiger partial charge in [0.1, 0.15) is 6.61 Å². The monoisotopic (exact) mass is 648 g/mol. The van der Waals surface area contributed by atoms with E-state index in [-0.39, 0.29) is 30.6 Å². The Morgan fingerprint density at radius 1 is 0.729 bits per heavy atom. The van der Waals surface area contributed by atoms with Crippen LogP contribution in [-0.4, -0.2) is 29.5 Å². The summed E-state index contributed by atoms with van der Waals surface area (Å²) in [6.07, 6.45) is 2.95. The molecule has 0 fully saturated rings. The molecule has 0 radical (unpaired) electrons. The Morgan fingerprint density at radius 3 is 1.92 bits per heavy atom. The number of ether oxygens (including phenoxy) is 1. The number of aromatic nitrogens is 1. The van der Waals surface area contributed by atoms with Crippen molar-refractivity contribution in [3.05, 3.63) is 196 Å². The van der Waals surface area contributed by atoms with Crippen molar-refractivity contribution in [3.8, 4) is 11.1 Å². The Morgan fingerprint density at radius 2 is 1.33 bits per heavy atom. The van der Waals surface area contributed by atoms with Crippen LogP contribution in [0.2, 0.25) is 5.02 Å². The SMILES string of the molecule is O=C(N[C@@H](Cc1cccnc1)C(=O)c1ccc(C(c2ccccc2)c2ccccc2)c(Cl)c1)OCC1c2ccccc2-c2ccccc21. The molecule has 48 heavy (non-hydrogen) atoms. The highest BCUT2D eigenvalue weighted by Crippen LogP contribution is 2.44. The second-order valence-electron chi connectivity index (χ2n) is 11.9. The standard InChI is InChI=1S/C42H33ClN2O3/c43-38-25-31(21-22-36(38)40(29-13-3-1-4-14-29)30-15-5-2-6-16-30)41(46)39(24-28-12-11-23-44-26-28)45-42(47)48-27-37-34-19-9-7-17-32(34)33-18-8-10-20-35(33)37/h1-23,25-26,37,39-40H,24,27H2,(H,45,47)/t39-/m0/s1. The van der Waals surface area contributed by atoms with Gasteiger partial charge in [0.25, 0.3) is 0 Å². The van der Waals surface area contributed by atoms with E-state index in [1.54, 1.807) is 24.5 Å². The lowest BCUT2D eigenvalue weighted by molar-refractivity contribution is 0.0919. The third-order valence-electron chi connectivity index (χ3n) is 8.98. The largest absolute Gasteiger partial charge is 0.449 e. The van der Waals surface area contributed by atoms with Gasteiger partial charge in [0.05, 0.1) is 6.04 Å². The number of nitrogens with one attached hydrogen (secondary N) is 1. The van der Waals surface area contributed by atoms with Crippen LogP contribution in [0.1, 0.15) is 55.6 Å². The summed E-state index contributed by atoms with van der Waals surface area (Å²) in [4.78, 5) is 31.7. The molecule has 6 aromatic rings. The fourth-order valence-corrected chi connectivity index (χ4v) is 6.99. The molecule has 0 spiro atoms. The van der Waals surface area contributed by atoms with Crippen LogP contribution in [0.25, 0.3) is 11.1 Å². The van der Waals surface area contributed by atoms with Gasteiger partial charge in [-0.3, -0.25) is 9.78 Å². The molecule has 1 aliphatic rings. The molecule has 0 unspecified atom stereocenters. The lowest BCUT2D eigenvalue weighted by Gasteiger charge is -2.22. The van der Waals surface area contributed by atoms with E-state index in [0.29, 0.717) is 10.6 Å². The van der Waals surface area contributed by atoms with Gasteiger partial charge in [-0.15, -0.1) is 0 Å². The van der Waals surface area contributed by atoms with Gasteiger partial charge in [-0.2, -0.15) is 0 Å². The second-order valence-corrected chi connectivity index (χ2v) is 12.3. The van der Waals surface area contributed by atoms with Crippen molar-refractivity contribution in [2.45, 2.75) is 24.3 Å². The second kappa shape index (κ2) is 14.1. The molecule has 1 heterocycles. The zero-order chi connectivity index (χ0) is 32.9. The summed E-state index contributed by atoms with van der Waals surface area (Å²) in [7, 11) is 0. The van der Waals surface area contributed by atoms with E-state index in [1.807, 2.05) is 78.9 Å². The smallest absolute Gasteiger partial charge is 0.407 e. The molecule has 5 nitrogen and oxygen atoms in total. The molecule has 1 aliphatic carbocycles. The van der Waals surface area contributed by atoms with Crippen molar-refractivity contribution in [1.29, 1.82) is 0 Å². The van der Waals surface area contributed by atoms with E-state index >= 15 is 0 Å². The van der Waals surface area contributed by atoms with E-state index in [1.165, 1.54) is 0 Å². The Balaban J connectivity index is 1.13. The van der Waals surface area contributed by atoms with Crippen LogP contribution >= 0.6 is 11.6 Å². The molecular formula is C42H33ClN2O3. The zero-order valence-corrected chi connectivity index (χ0v) is 26.9. The molecule has 1 atom stereocenters. The molecule has 0 aliphatic heterocycles. The van der Waals surface area contributed by atoms with Gasteiger partial charge < -0.3 is 10.1 Å². The number of carbonyl (C=O) groups is 2. The molecule has 1 amide bonds. The fourth-order valence-electron chi connectivity index (χ4n) is 6.70. The summed E-state index contributed by atoms with van der Waals surface area (Å²) in [5.41, 5.74) is 8.82. The Kier molecular flexibility index (Phi) is 9.12. The molecule has 0 bridgehead atoms. The minimum Gasteiger partial charge on any atom is -0.449 e. The average molecular weight is 649 g/mol. The maximum Gasteiger partial charge on any atom is 0.407 e. The predicted octanol–water partition coefficient (Wildman–Crippen LogP) is 9.25. The first kappa shape index (κ1) is 31.1. The number of alkyl carbamates (subject to hydrolysis) is 1. The van der Waals surface area contributed by atoms with Gasteiger partial charge in [-0.1, -0.05) is 139 Å². The van der Waals surface area contributed by atoms with E-state index in [9.17, 15) is 9.59 Å². The van der Waals surface area contributed by atoms with Crippen molar-refractivity contribution in [2.24, 2.45) is 0 Å². The maximum absolute atomic E-state index is 14.1. The van der Waals surface area contributed by atoms with Crippen LogP contribution in [0.4, 0.5) is 4.79 Å². The number of hydrogen-bond acceptors (Lipinski definition) is 4. The first-order valence-corrected chi connectivity index (χ1v) is 16.4. The fraction of sp³-hybridized carbons (Fsp3) is 0.119. The number of fused-ring (bicyclic) bond motifs is 3. The highest BCUT2D eigenvalue weighted by molar-refractivity contribution is 6.32. The van der Waals surface area contributed by atoms with E-state index in [4.69, 9.17) is 16.3 Å². The first-order valence-electron chi connectivity index (χ1n) is 16.0. The molecule has 7 rings (SSSR count). The number of amides is 1. The van der Waals surface area contributed by atoms with Gasteiger partial charge >= 0.3 is 6.09 Å². The molecule has 236 valence electrons. The van der Waals surface area contributed by atoms with Crippen LogP contribution in [0.3, 0.4) is 0 Å². The topological polar surface area (TPSA) is 68.3 Å². The molecule has 1 aromatic heterocycles. The van der Waals surface area contributed by atoms with Gasteiger partial charge in [0, 0.05) is 41.2 Å². The highest BCUT2D eigenvalue weighted by Gasteiger charge is 2.30. The number of nitrogens with zero attached hydrogens (tertiary/aromatic N) is 1. The van der Waals surface area contributed by atoms with Crippen molar-refractivity contribution < 1.29 is 14.3 Å². The highest BCUT2D eigenvalue weighted by atomic mass is 35.5. The Bertz CT molecular complexity index is 1970. The lowest BCUT2D eigenvalue weighted by Crippen LogP contribution is -2.43. The molecule has 0 saturated carbocycles. The van der Waals surface area contributed by atoms with Crippen molar-refractivity contribution in [2.75, 3.05) is 6.61 Å². The molecule has 5 aromatic carbocycles. The summed E-state index contributed by atoms with van der Waals surface area (Å²) in [5.74, 6) is -0.477. The van der Waals surface area contributed by atoms with Crippen LogP contribution in [-0.2, 0) is 11.2 Å². The van der Waals surface area contributed by atoms with Crippen molar-refractivity contribution in [1.82, 2.24) is 10.3 Å². The summed E-state index contributed by atoms with van der Waals surface area (Å²) in [5, 5.41) is 3.33. The average Bonchev–Trinajstić information content (AvgIpc) is 3.46. The Hall–Kier alpha value is -5.52. The number of halogens is 1. The van der Waals surface area contributed by atoms with E-state index < -0.39 is 12.1 Å². The number of Topliss-reactive ketones (excluding diaryl/α,β-unsaturated/α-hetero) is 1. The number of hydrogen-bond donors (Lipinski definition) is 1. The van der Waals surface area contributed by atoms with E-state index in [2.05, 4.69) is 58.8 Å². The third kappa shape index (κ3) is 6.51. The zero-order valence-electron chi connectivity index (χ0n) is 26.1. The first-order chi connectivity index (χ1) is 23.6. The summed E-state index contributed by atoms with van der Waals surface area (Å²) in [6.45, 7) is 0.147. The van der Waals surface area contributed by atoms with Gasteiger partial charge in [-0.25, -0.2) is 4.79 Å². The van der Waals surface area contributed by atoms with Crippen LogP contribution in [0.5, 0.6) is 0 Å². The van der Waals surface area contributed by atoms with Crippen molar-refractivity contribution >= 4 is 23.5 Å².